The van der Waals surface area contributed by atoms with Gasteiger partial charge in [0.2, 0.25) is 0 Å². The first-order chi connectivity index (χ1) is 16.6. The minimum atomic E-state index is -0.455. The van der Waals surface area contributed by atoms with Gasteiger partial charge in [-0.2, -0.15) is 0 Å². The van der Waals surface area contributed by atoms with Gasteiger partial charge in [-0.15, -0.1) is 0 Å². The number of benzene rings is 3. The van der Waals surface area contributed by atoms with Crippen LogP contribution in [-0.2, 0) is 9.53 Å². The Morgan fingerprint density at radius 3 is 2.35 bits per heavy atom. The van der Waals surface area contributed by atoms with Crippen molar-refractivity contribution in [2.45, 2.75) is 0 Å². The van der Waals surface area contributed by atoms with Crippen LogP contribution in [0.15, 0.2) is 97.2 Å². The van der Waals surface area contributed by atoms with Crippen LogP contribution in [0.5, 0.6) is 0 Å². The summed E-state index contributed by atoms with van der Waals surface area (Å²) >= 11 is 0. The fraction of sp³-hybridized carbons (Fsp3) is 0.0357. The third-order valence-electron chi connectivity index (χ3n) is 5.61. The van der Waals surface area contributed by atoms with E-state index in [4.69, 9.17) is 4.74 Å². The van der Waals surface area contributed by atoms with Crippen molar-refractivity contribution in [1.82, 2.24) is 4.98 Å². The Morgan fingerprint density at radius 1 is 0.882 bits per heavy atom. The SMILES string of the molecule is COC(=O)c1ccc2c(c1)NC(=O)C2=C(Nc1ccc(-c2ccccn2)cc1)c1ccccc1. The molecule has 0 saturated carbocycles. The Hall–Kier alpha value is -4.71. The van der Waals surface area contributed by atoms with E-state index in [9.17, 15) is 9.59 Å². The standard InChI is InChI=1S/C28H21N3O3/c1-34-28(33)20-12-15-22-24(17-20)31-27(32)25(22)26(19-7-3-2-4-8-19)30-21-13-10-18(11-14-21)23-9-5-6-16-29-23/h2-17,30H,1H3,(H,31,32). The summed E-state index contributed by atoms with van der Waals surface area (Å²) in [6.45, 7) is 0. The lowest BCUT2D eigenvalue weighted by Gasteiger charge is -2.15. The van der Waals surface area contributed by atoms with E-state index < -0.39 is 5.97 Å². The highest BCUT2D eigenvalue weighted by atomic mass is 16.5. The molecular weight excluding hydrogens is 426 g/mol. The number of nitrogens with zero attached hydrogens (tertiary/aromatic N) is 1. The number of esters is 1. The average molecular weight is 447 g/mol. The number of anilines is 2. The summed E-state index contributed by atoms with van der Waals surface area (Å²) in [6.07, 6.45) is 1.77. The molecule has 4 aromatic rings. The normalized spacial score (nSPS) is 13.6. The van der Waals surface area contributed by atoms with Gasteiger partial charge in [0.05, 0.1) is 35.3 Å². The van der Waals surface area contributed by atoms with Crippen LogP contribution in [0.1, 0.15) is 21.5 Å². The highest BCUT2D eigenvalue weighted by Gasteiger charge is 2.29. The van der Waals surface area contributed by atoms with E-state index in [1.807, 2.05) is 72.8 Å². The number of nitrogens with one attached hydrogen (secondary N) is 2. The van der Waals surface area contributed by atoms with Crippen LogP contribution >= 0.6 is 0 Å². The Balaban J connectivity index is 1.57. The quantitative estimate of drug-likeness (QED) is 0.313. The number of aromatic nitrogens is 1. The van der Waals surface area contributed by atoms with Gasteiger partial charge >= 0.3 is 5.97 Å². The molecule has 0 unspecified atom stereocenters. The average Bonchev–Trinajstić information content (AvgIpc) is 3.22. The largest absolute Gasteiger partial charge is 0.465 e. The fourth-order valence-corrected chi connectivity index (χ4v) is 3.95. The minimum Gasteiger partial charge on any atom is -0.465 e. The highest BCUT2D eigenvalue weighted by molar-refractivity contribution is 6.37. The molecule has 0 saturated heterocycles. The van der Waals surface area contributed by atoms with Crippen LogP contribution in [0.2, 0.25) is 0 Å². The Morgan fingerprint density at radius 2 is 1.65 bits per heavy atom. The van der Waals surface area contributed by atoms with E-state index in [0.29, 0.717) is 28.1 Å². The zero-order valence-electron chi connectivity index (χ0n) is 18.4. The molecule has 3 aromatic carbocycles. The molecule has 2 N–H and O–H groups in total. The maximum Gasteiger partial charge on any atom is 0.337 e. The molecule has 1 amide bonds. The van der Waals surface area contributed by atoms with E-state index in [0.717, 1.165) is 22.5 Å². The summed E-state index contributed by atoms with van der Waals surface area (Å²) < 4.78 is 4.81. The third-order valence-corrected chi connectivity index (χ3v) is 5.61. The van der Waals surface area contributed by atoms with Crippen molar-refractivity contribution in [2.24, 2.45) is 0 Å². The zero-order chi connectivity index (χ0) is 23.5. The molecule has 6 nitrogen and oxygen atoms in total. The van der Waals surface area contributed by atoms with Crippen LogP contribution in [0.3, 0.4) is 0 Å². The maximum absolute atomic E-state index is 13.1. The van der Waals surface area contributed by atoms with E-state index in [2.05, 4.69) is 15.6 Å². The van der Waals surface area contributed by atoms with Gasteiger partial charge < -0.3 is 15.4 Å². The molecular formula is C28H21N3O3. The minimum absolute atomic E-state index is 0.242. The number of amides is 1. The lowest BCUT2D eigenvalue weighted by atomic mass is 9.99. The molecule has 34 heavy (non-hydrogen) atoms. The van der Waals surface area contributed by atoms with Crippen molar-refractivity contribution in [3.8, 4) is 11.3 Å². The number of hydrogen-bond donors (Lipinski definition) is 2. The molecule has 166 valence electrons. The van der Waals surface area contributed by atoms with Crippen molar-refractivity contribution in [1.29, 1.82) is 0 Å². The van der Waals surface area contributed by atoms with Gasteiger partial charge in [0, 0.05) is 23.0 Å². The predicted molar refractivity (Wildman–Crippen MR) is 133 cm³/mol. The summed E-state index contributed by atoms with van der Waals surface area (Å²) in [6, 6.07) is 28.4. The van der Waals surface area contributed by atoms with Gasteiger partial charge in [0.25, 0.3) is 5.91 Å². The van der Waals surface area contributed by atoms with E-state index in [1.54, 1.807) is 24.4 Å². The summed E-state index contributed by atoms with van der Waals surface area (Å²) in [4.78, 5) is 29.4. The molecule has 1 aliphatic rings. The number of rotatable bonds is 5. The van der Waals surface area contributed by atoms with Gasteiger partial charge in [0.1, 0.15) is 0 Å². The lowest BCUT2D eigenvalue weighted by Crippen LogP contribution is -2.10. The van der Waals surface area contributed by atoms with Gasteiger partial charge in [0.15, 0.2) is 0 Å². The van der Waals surface area contributed by atoms with Crippen molar-refractivity contribution in [3.63, 3.8) is 0 Å². The monoisotopic (exact) mass is 447 g/mol. The number of hydrogen-bond acceptors (Lipinski definition) is 5. The maximum atomic E-state index is 13.1. The van der Waals surface area contributed by atoms with E-state index in [1.165, 1.54) is 7.11 Å². The zero-order valence-corrected chi connectivity index (χ0v) is 18.4. The van der Waals surface area contributed by atoms with Crippen molar-refractivity contribution in [3.05, 3.63) is 114 Å². The smallest absolute Gasteiger partial charge is 0.337 e. The van der Waals surface area contributed by atoms with Crippen LogP contribution in [-0.4, -0.2) is 24.0 Å². The molecule has 0 atom stereocenters. The Kier molecular flexibility index (Phi) is 5.62. The van der Waals surface area contributed by atoms with Crippen molar-refractivity contribution < 1.29 is 14.3 Å². The molecule has 2 heterocycles. The number of methoxy groups -OCH3 is 1. The van der Waals surface area contributed by atoms with E-state index in [-0.39, 0.29) is 5.91 Å². The first kappa shape index (κ1) is 21.2. The summed E-state index contributed by atoms with van der Waals surface area (Å²) in [5, 5.41) is 6.32. The number of pyridine rings is 1. The number of carbonyl (C=O) groups is 2. The third kappa shape index (κ3) is 4.04. The second-order valence-electron chi connectivity index (χ2n) is 7.74. The predicted octanol–water partition coefficient (Wildman–Crippen LogP) is 5.47. The van der Waals surface area contributed by atoms with Crippen LogP contribution in [0, 0.1) is 0 Å². The van der Waals surface area contributed by atoms with Gasteiger partial charge in [-0.1, -0.05) is 54.6 Å². The molecule has 1 aromatic heterocycles. The molecule has 6 heteroatoms. The van der Waals surface area contributed by atoms with Crippen molar-refractivity contribution >= 4 is 34.5 Å². The summed E-state index contributed by atoms with van der Waals surface area (Å²) in [7, 11) is 1.33. The molecule has 0 bridgehead atoms. The molecule has 0 fully saturated rings. The first-order valence-electron chi connectivity index (χ1n) is 10.8. The van der Waals surface area contributed by atoms with Crippen molar-refractivity contribution in [2.75, 3.05) is 17.7 Å². The molecule has 0 aliphatic carbocycles. The summed E-state index contributed by atoms with van der Waals surface area (Å²) in [5.41, 5.74) is 6.44. The Bertz CT molecular complexity index is 1400. The topological polar surface area (TPSA) is 80.3 Å². The molecule has 0 spiro atoms. The first-order valence-corrected chi connectivity index (χ1v) is 10.8. The summed E-state index contributed by atoms with van der Waals surface area (Å²) in [5.74, 6) is -0.697. The molecule has 0 radical (unpaired) electrons. The lowest BCUT2D eigenvalue weighted by molar-refractivity contribution is -0.110. The second-order valence-corrected chi connectivity index (χ2v) is 7.74. The molecule has 1 aliphatic heterocycles. The highest BCUT2D eigenvalue weighted by Crippen LogP contribution is 2.38. The van der Waals surface area contributed by atoms with Crippen LogP contribution in [0.25, 0.3) is 22.5 Å². The van der Waals surface area contributed by atoms with Gasteiger partial charge in [-0.25, -0.2) is 4.79 Å². The fourth-order valence-electron chi connectivity index (χ4n) is 3.95. The Labute approximate surface area is 196 Å². The second kappa shape index (κ2) is 9.03. The van der Waals surface area contributed by atoms with Gasteiger partial charge in [-0.05, 0) is 42.0 Å². The van der Waals surface area contributed by atoms with Gasteiger partial charge in [-0.3, -0.25) is 9.78 Å². The van der Waals surface area contributed by atoms with E-state index >= 15 is 0 Å². The van der Waals surface area contributed by atoms with Crippen LogP contribution < -0.4 is 10.6 Å². The van der Waals surface area contributed by atoms with Crippen LogP contribution in [0.4, 0.5) is 11.4 Å². The molecule has 5 rings (SSSR count). The number of carbonyl (C=O) groups excluding carboxylic acids is 2. The number of fused-ring (bicyclic) bond motifs is 1. The number of ether oxygens (including phenoxy) is 1.